The Morgan fingerprint density at radius 2 is 1.89 bits per heavy atom. The molecule has 3 heteroatoms. The van der Waals surface area contributed by atoms with Crippen molar-refractivity contribution in [1.82, 2.24) is 0 Å². The molecule has 2 nitrogen and oxygen atoms in total. The molecule has 0 aromatic rings. The first-order valence-corrected chi connectivity index (χ1v) is 4.19. The van der Waals surface area contributed by atoms with Gasteiger partial charge in [-0.15, -0.1) is 0 Å². The van der Waals surface area contributed by atoms with Gasteiger partial charge in [0.25, 0.3) is 0 Å². The number of rotatable bonds is 0. The molecule has 1 heterocycles. The second-order valence-corrected chi connectivity index (χ2v) is 4.06. The van der Waals surface area contributed by atoms with Crippen LogP contribution in [0.5, 0.6) is 0 Å². The Hall–Kier alpha value is -0.570. The molecular weight excluding hydrogens is 136 g/mol. The minimum atomic E-state index is -2.98. The molecule has 9 heavy (non-hydrogen) atoms. The lowest BCUT2D eigenvalue weighted by molar-refractivity contribution is 0.610. The summed E-state index contributed by atoms with van der Waals surface area (Å²) < 4.78 is 21.7. The fourth-order valence-corrected chi connectivity index (χ4v) is 1.74. The van der Waals surface area contributed by atoms with Gasteiger partial charge in [0.05, 0.1) is 0 Å². The highest BCUT2D eigenvalue weighted by Crippen LogP contribution is 2.20. The fraction of sp³-hybridized carbons (Fsp3) is 0.333. The first-order chi connectivity index (χ1) is 4.04. The van der Waals surface area contributed by atoms with Crippen molar-refractivity contribution in [3.63, 3.8) is 0 Å². The van der Waals surface area contributed by atoms with Crippen LogP contribution in [0.1, 0.15) is 13.8 Å². The van der Waals surface area contributed by atoms with Gasteiger partial charge in [-0.1, -0.05) is 0 Å². The lowest BCUT2D eigenvalue weighted by atomic mass is 10.3. The van der Waals surface area contributed by atoms with E-state index in [4.69, 9.17) is 0 Å². The second-order valence-electron chi connectivity index (χ2n) is 2.09. The molecule has 0 aromatic heterocycles. The van der Waals surface area contributed by atoms with Crippen LogP contribution in [0.3, 0.4) is 0 Å². The minimum absolute atomic E-state index is 0.475. The van der Waals surface area contributed by atoms with Gasteiger partial charge in [0, 0.05) is 10.3 Å². The van der Waals surface area contributed by atoms with E-state index in [2.05, 4.69) is 0 Å². The number of allylic oxidation sites excluding steroid dienone is 3. The third-order valence-corrected chi connectivity index (χ3v) is 3.15. The van der Waals surface area contributed by atoms with Gasteiger partial charge >= 0.3 is 0 Å². The molecule has 0 spiro atoms. The molecule has 0 bridgehead atoms. The van der Waals surface area contributed by atoms with E-state index in [-0.39, 0.29) is 0 Å². The molecule has 0 amide bonds. The van der Waals surface area contributed by atoms with Crippen molar-refractivity contribution in [2.45, 2.75) is 13.8 Å². The predicted molar refractivity (Wildman–Crippen MR) is 36.4 cm³/mol. The third kappa shape index (κ3) is 0.920. The normalized spacial score (nSPS) is 23.3. The molecular formula is C6H8O2S. The predicted octanol–water partition coefficient (Wildman–Crippen LogP) is 1.22. The fourth-order valence-electron chi connectivity index (χ4n) is 0.635. The van der Waals surface area contributed by atoms with Crippen LogP contribution < -0.4 is 0 Å². The summed E-state index contributed by atoms with van der Waals surface area (Å²) in [5, 5.41) is 1.23. The number of sulfone groups is 1. The van der Waals surface area contributed by atoms with Gasteiger partial charge < -0.3 is 0 Å². The molecule has 0 N–H and O–H groups in total. The average molecular weight is 144 g/mol. The summed E-state index contributed by atoms with van der Waals surface area (Å²) in [7, 11) is -2.98. The van der Waals surface area contributed by atoms with Gasteiger partial charge in [0.2, 0.25) is 0 Å². The van der Waals surface area contributed by atoms with E-state index in [0.29, 0.717) is 4.91 Å². The van der Waals surface area contributed by atoms with Gasteiger partial charge in [0.1, 0.15) is 0 Å². The zero-order valence-electron chi connectivity index (χ0n) is 5.38. The molecule has 0 saturated carbocycles. The Balaban J connectivity index is 3.34. The van der Waals surface area contributed by atoms with Crippen LogP contribution >= 0.6 is 0 Å². The van der Waals surface area contributed by atoms with Crippen molar-refractivity contribution < 1.29 is 8.42 Å². The summed E-state index contributed by atoms with van der Waals surface area (Å²) in [5.41, 5.74) is 0.843. The van der Waals surface area contributed by atoms with Crippen molar-refractivity contribution in [2.75, 3.05) is 0 Å². The van der Waals surface area contributed by atoms with Crippen molar-refractivity contribution in [3.8, 4) is 0 Å². The number of hydrogen-bond acceptors (Lipinski definition) is 2. The van der Waals surface area contributed by atoms with Crippen molar-refractivity contribution >= 4 is 9.84 Å². The molecule has 1 aliphatic heterocycles. The monoisotopic (exact) mass is 144 g/mol. The Bertz CT molecular complexity index is 280. The van der Waals surface area contributed by atoms with Crippen LogP contribution in [-0.4, -0.2) is 8.42 Å². The second kappa shape index (κ2) is 1.70. The SMILES string of the molecule is CC1=C(C)S(=O)(=O)C=C1. The zero-order chi connectivity index (χ0) is 7.07. The molecule has 0 aliphatic carbocycles. The van der Waals surface area contributed by atoms with Gasteiger partial charge in [-0.25, -0.2) is 8.42 Å². The maximum atomic E-state index is 10.8. The Morgan fingerprint density at radius 1 is 1.33 bits per heavy atom. The molecule has 1 aliphatic rings. The summed E-state index contributed by atoms with van der Waals surface area (Å²) >= 11 is 0. The Labute approximate surface area is 54.8 Å². The average Bonchev–Trinajstić information content (AvgIpc) is 1.97. The highest BCUT2D eigenvalue weighted by atomic mass is 32.2. The molecule has 1 rings (SSSR count). The molecule has 0 fully saturated rings. The molecule has 0 radical (unpaired) electrons. The molecule has 0 unspecified atom stereocenters. The van der Waals surface area contributed by atoms with Crippen LogP contribution in [0, 0.1) is 0 Å². The van der Waals surface area contributed by atoms with Crippen molar-refractivity contribution in [2.24, 2.45) is 0 Å². The first-order valence-electron chi connectivity index (χ1n) is 2.65. The van der Waals surface area contributed by atoms with Crippen LogP contribution in [0.25, 0.3) is 0 Å². The zero-order valence-corrected chi connectivity index (χ0v) is 6.20. The van der Waals surface area contributed by atoms with Crippen LogP contribution in [0.2, 0.25) is 0 Å². The molecule has 0 atom stereocenters. The number of hydrogen-bond donors (Lipinski definition) is 0. The van der Waals surface area contributed by atoms with E-state index in [1.807, 2.05) is 0 Å². The van der Waals surface area contributed by atoms with E-state index in [0.717, 1.165) is 5.57 Å². The van der Waals surface area contributed by atoms with Crippen LogP contribution in [0.15, 0.2) is 22.0 Å². The van der Waals surface area contributed by atoms with Gasteiger partial charge in [-0.2, -0.15) is 0 Å². The summed E-state index contributed by atoms with van der Waals surface area (Å²) in [6, 6.07) is 0. The minimum Gasteiger partial charge on any atom is -0.219 e. The smallest absolute Gasteiger partial charge is 0.195 e. The Morgan fingerprint density at radius 3 is 2.00 bits per heavy atom. The largest absolute Gasteiger partial charge is 0.219 e. The van der Waals surface area contributed by atoms with Crippen molar-refractivity contribution in [1.29, 1.82) is 0 Å². The topological polar surface area (TPSA) is 34.1 Å². The van der Waals surface area contributed by atoms with Crippen LogP contribution in [-0.2, 0) is 9.84 Å². The van der Waals surface area contributed by atoms with E-state index >= 15 is 0 Å². The lowest BCUT2D eigenvalue weighted by Crippen LogP contribution is -1.91. The van der Waals surface area contributed by atoms with E-state index in [1.54, 1.807) is 19.9 Å². The van der Waals surface area contributed by atoms with E-state index in [1.165, 1.54) is 5.41 Å². The van der Waals surface area contributed by atoms with E-state index in [9.17, 15) is 8.42 Å². The summed E-state index contributed by atoms with van der Waals surface area (Å²) in [6.45, 7) is 3.40. The van der Waals surface area contributed by atoms with Gasteiger partial charge in [-0.05, 0) is 25.5 Å². The molecule has 50 valence electrons. The summed E-state index contributed by atoms with van der Waals surface area (Å²) in [5.74, 6) is 0. The maximum Gasteiger partial charge on any atom is 0.195 e. The van der Waals surface area contributed by atoms with Crippen molar-refractivity contribution in [3.05, 3.63) is 22.0 Å². The Kier molecular flexibility index (Phi) is 1.24. The standard InChI is InChI=1S/C6H8O2S/c1-5-3-4-9(7,8)6(5)2/h3-4H,1-2H3. The first kappa shape index (κ1) is 6.55. The molecule has 0 aromatic carbocycles. The highest BCUT2D eigenvalue weighted by Gasteiger charge is 2.15. The summed E-state index contributed by atoms with van der Waals surface area (Å²) in [6.07, 6.45) is 1.62. The highest BCUT2D eigenvalue weighted by molar-refractivity contribution is 7.98. The maximum absolute atomic E-state index is 10.8. The quantitative estimate of drug-likeness (QED) is 0.512. The third-order valence-electron chi connectivity index (χ3n) is 1.48. The van der Waals surface area contributed by atoms with Crippen LogP contribution in [0.4, 0.5) is 0 Å². The van der Waals surface area contributed by atoms with Gasteiger partial charge in [0.15, 0.2) is 9.84 Å². The molecule has 0 saturated heterocycles. The van der Waals surface area contributed by atoms with E-state index < -0.39 is 9.84 Å². The lowest BCUT2D eigenvalue weighted by Gasteiger charge is -1.90. The summed E-state index contributed by atoms with van der Waals surface area (Å²) in [4.78, 5) is 0.475. The van der Waals surface area contributed by atoms with Gasteiger partial charge in [-0.3, -0.25) is 0 Å².